The molecule has 0 radical (unpaired) electrons. The zero-order valence-corrected chi connectivity index (χ0v) is 7.82. The molecule has 0 fully saturated rings. The quantitative estimate of drug-likeness (QED) is 0.416. The van der Waals surface area contributed by atoms with Gasteiger partial charge < -0.3 is 4.74 Å². The van der Waals surface area contributed by atoms with Gasteiger partial charge in [-0.2, -0.15) is 0 Å². The van der Waals surface area contributed by atoms with Crippen molar-refractivity contribution in [3.8, 4) is 0 Å². The van der Waals surface area contributed by atoms with Crippen LogP contribution < -0.4 is 0 Å². The Balaban J connectivity index is 3.09. The van der Waals surface area contributed by atoms with Crippen LogP contribution in [-0.2, 0) is 11.3 Å². The fraction of sp³-hybridized carbons (Fsp3) is 0.250. The minimum atomic E-state index is 0.384. The summed E-state index contributed by atoms with van der Waals surface area (Å²) in [4.78, 5) is 2.70. The molecule has 68 valence electrons. The van der Waals surface area contributed by atoms with E-state index < -0.39 is 0 Å². The molecule has 0 atom stereocenters. The molecule has 1 rings (SSSR count). The number of nitrogens with zero attached hydrogens (tertiary/aromatic N) is 3. The summed E-state index contributed by atoms with van der Waals surface area (Å²) in [7, 11) is 1.57. The summed E-state index contributed by atoms with van der Waals surface area (Å²) in [6.07, 6.45) is 0. The third-order valence-corrected chi connectivity index (χ3v) is 1.73. The maximum Gasteiger partial charge on any atom is 0.0718 e. The van der Waals surface area contributed by atoms with E-state index in [2.05, 4.69) is 10.0 Å². The van der Waals surface area contributed by atoms with Crippen LogP contribution in [0.4, 0.5) is 5.69 Å². The van der Waals surface area contributed by atoms with Crippen LogP contribution in [0.3, 0.4) is 0 Å². The van der Waals surface area contributed by atoms with E-state index in [9.17, 15) is 0 Å². The molecule has 13 heavy (non-hydrogen) atoms. The predicted octanol–water partition coefficient (Wildman–Crippen LogP) is 3.43. The standard InChI is InChI=1S/C8H8ClN3O/c1-13-5-6-4-7(9)2-3-8(6)11-12-10/h2-4H,5H2,1H3. The molecular formula is C8H8ClN3O. The number of rotatable bonds is 3. The first-order valence-electron chi connectivity index (χ1n) is 3.60. The zero-order valence-electron chi connectivity index (χ0n) is 7.07. The van der Waals surface area contributed by atoms with E-state index in [-0.39, 0.29) is 0 Å². The first-order chi connectivity index (χ1) is 6.27. The van der Waals surface area contributed by atoms with Crippen LogP contribution in [0.15, 0.2) is 23.3 Å². The normalized spacial score (nSPS) is 9.38. The summed E-state index contributed by atoms with van der Waals surface area (Å²) in [6, 6.07) is 5.05. The van der Waals surface area contributed by atoms with Crippen LogP contribution >= 0.6 is 11.6 Å². The van der Waals surface area contributed by atoms with Gasteiger partial charge in [0.1, 0.15) is 0 Å². The first-order valence-corrected chi connectivity index (χ1v) is 3.98. The van der Waals surface area contributed by atoms with Crippen LogP contribution in [0.25, 0.3) is 10.4 Å². The molecule has 0 aromatic heterocycles. The van der Waals surface area contributed by atoms with E-state index in [0.29, 0.717) is 17.3 Å². The fourth-order valence-corrected chi connectivity index (χ4v) is 1.17. The molecule has 1 aromatic carbocycles. The van der Waals surface area contributed by atoms with Gasteiger partial charge >= 0.3 is 0 Å². The highest BCUT2D eigenvalue weighted by atomic mass is 35.5. The number of hydrogen-bond acceptors (Lipinski definition) is 2. The molecule has 5 heteroatoms. The van der Waals surface area contributed by atoms with Crippen molar-refractivity contribution in [2.75, 3.05) is 7.11 Å². The van der Waals surface area contributed by atoms with Gasteiger partial charge in [0.2, 0.25) is 0 Å². The van der Waals surface area contributed by atoms with E-state index in [1.807, 2.05) is 0 Å². The molecule has 0 heterocycles. The molecule has 0 aliphatic heterocycles. The Hall–Kier alpha value is -1.22. The van der Waals surface area contributed by atoms with Crippen molar-refractivity contribution in [2.24, 2.45) is 5.11 Å². The lowest BCUT2D eigenvalue weighted by atomic mass is 10.2. The molecule has 0 N–H and O–H groups in total. The van der Waals surface area contributed by atoms with Gasteiger partial charge in [-0.3, -0.25) is 0 Å². The monoisotopic (exact) mass is 197 g/mol. The minimum Gasteiger partial charge on any atom is -0.380 e. The summed E-state index contributed by atoms with van der Waals surface area (Å²) in [6.45, 7) is 0.384. The topological polar surface area (TPSA) is 58.0 Å². The molecule has 0 aliphatic rings. The van der Waals surface area contributed by atoms with Gasteiger partial charge in [-0.15, -0.1) is 0 Å². The Morgan fingerprint density at radius 1 is 1.62 bits per heavy atom. The van der Waals surface area contributed by atoms with Gasteiger partial charge in [0.05, 0.1) is 6.61 Å². The van der Waals surface area contributed by atoms with E-state index >= 15 is 0 Å². The van der Waals surface area contributed by atoms with Gasteiger partial charge in [-0.25, -0.2) is 0 Å². The van der Waals surface area contributed by atoms with Crippen LogP contribution in [0.5, 0.6) is 0 Å². The Bertz CT molecular complexity index is 347. The van der Waals surface area contributed by atoms with Crippen molar-refractivity contribution >= 4 is 17.3 Å². The minimum absolute atomic E-state index is 0.384. The summed E-state index contributed by atoms with van der Waals surface area (Å²) >= 11 is 5.76. The van der Waals surface area contributed by atoms with Crippen molar-refractivity contribution in [3.05, 3.63) is 39.2 Å². The largest absolute Gasteiger partial charge is 0.380 e. The number of ether oxygens (including phenoxy) is 1. The van der Waals surface area contributed by atoms with E-state index in [1.165, 1.54) is 0 Å². The van der Waals surface area contributed by atoms with E-state index in [0.717, 1.165) is 5.56 Å². The molecule has 0 spiro atoms. The summed E-state index contributed by atoms with van der Waals surface area (Å²) in [5.41, 5.74) is 9.60. The third-order valence-electron chi connectivity index (χ3n) is 1.49. The first kappa shape index (κ1) is 9.86. The second-order valence-corrected chi connectivity index (χ2v) is 2.83. The smallest absolute Gasteiger partial charge is 0.0718 e. The lowest BCUT2D eigenvalue weighted by Crippen LogP contribution is -1.87. The second-order valence-electron chi connectivity index (χ2n) is 2.40. The molecule has 0 saturated carbocycles. The number of azide groups is 1. The second kappa shape index (κ2) is 4.72. The average Bonchev–Trinajstić information content (AvgIpc) is 2.10. The lowest BCUT2D eigenvalue weighted by molar-refractivity contribution is 0.185. The van der Waals surface area contributed by atoms with Crippen molar-refractivity contribution in [1.29, 1.82) is 0 Å². The number of benzene rings is 1. The highest BCUT2D eigenvalue weighted by molar-refractivity contribution is 6.30. The maximum absolute atomic E-state index is 8.27. The van der Waals surface area contributed by atoms with Crippen molar-refractivity contribution in [3.63, 3.8) is 0 Å². The molecule has 0 amide bonds. The van der Waals surface area contributed by atoms with Crippen LogP contribution in [0, 0.1) is 0 Å². The molecule has 0 saturated heterocycles. The van der Waals surface area contributed by atoms with Crippen LogP contribution in [0.2, 0.25) is 5.02 Å². The van der Waals surface area contributed by atoms with E-state index in [1.54, 1.807) is 25.3 Å². The van der Waals surface area contributed by atoms with Gasteiger partial charge in [-0.1, -0.05) is 22.8 Å². The molecular weight excluding hydrogens is 190 g/mol. The summed E-state index contributed by atoms with van der Waals surface area (Å²) in [5.74, 6) is 0. The van der Waals surface area contributed by atoms with Crippen molar-refractivity contribution in [1.82, 2.24) is 0 Å². The zero-order chi connectivity index (χ0) is 9.68. The lowest BCUT2D eigenvalue weighted by Gasteiger charge is -2.03. The molecule has 4 nitrogen and oxygen atoms in total. The molecule has 0 aliphatic carbocycles. The Morgan fingerprint density at radius 3 is 3.00 bits per heavy atom. The number of halogens is 1. The van der Waals surface area contributed by atoms with Crippen molar-refractivity contribution in [2.45, 2.75) is 6.61 Å². The van der Waals surface area contributed by atoms with E-state index in [4.69, 9.17) is 21.9 Å². The van der Waals surface area contributed by atoms with Crippen molar-refractivity contribution < 1.29 is 4.74 Å². The van der Waals surface area contributed by atoms with Crippen LogP contribution in [-0.4, -0.2) is 7.11 Å². The predicted molar refractivity (Wildman–Crippen MR) is 51.0 cm³/mol. The average molecular weight is 198 g/mol. The Kier molecular flexibility index (Phi) is 3.58. The Morgan fingerprint density at radius 2 is 2.38 bits per heavy atom. The van der Waals surface area contributed by atoms with Gasteiger partial charge in [0, 0.05) is 22.7 Å². The third kappa shape index (κ3) is 2.63. The highest BCUT2D eigenvalue weighted by Crippen LogP contribution is 2.23. The molecule has 1 aromatic rings. The SMILES string of the molecule is COCc1cc(Cl)ccc1N=[N+]=[N-]. The van der Waals surface area contributed by atoms with Crippen LogP contribution in [0.1, 0.15) is 5.56 Å². The molecule has 0 unspecified atom stereocenters. The number of hydrogen-bond donors (Lipinski definition) is 0. The summed E-state index contributed by atoms with van der Waals surface area (Å²) in [5, 5.41) is 4.11. The summed E-state index contributed by atoms with van der Waals surface area (Å²) < 4.78 is 4.93. The Labute approximate surface area is 80.7 Å². The molecule has 0 bridgehead atoms. The highest BCUT2D eigenvalue weighted by Gasteiger charge is 2.00. The number of methoxy groups -OCH3 is 1. The van der Waals surface area contributed by atoms with Gasteiger partial charge in [0.25, 0.3) is 0 Å². The fourth-order valence-electron chi connectivity index (χ4n) is 0.971. The van der Waals surface area contributed by atoms with Gasteiger partial charge in [-0.05, 0) is 23.2 Å². The van der Waals surface area contributed by atoms with Gasteiger partial charge in [0.15, 0.2) is 0 Å². The maximum atomic E-state index is 8.27.